The zero-order valence-electron chi connectivity index (χ0n) is 11.6. The van der Waals surface area contributed by atoms with Crippen molar-refractivity contribution in [1.82, 2.24) is 10.2 Å². The number of benzene rings is 1. The maximum atomic E-state index is 11.1. The third-order valence-electron chi connectivity index (χ3n) is 2.66. The highest BCUT2D eigenvalue weighted by Crippen LogP contribution is 2.17. The number of halogens is 1. The van der Waals surface area contributed by atoms with Crippen LogP contribution in [-0.2, 0) is 11.2 Å². The summed E-state index contributed by atoms with van der Waals surface area (Å²) in [5.74, 6) is 0.509. The third kappa shape index (κ3) is 5.32. The number of ether oxygens (including phenoxy) is 1. The quantitative estimate of drug-likeness (QED) is 0.627. The van der Waals surface area contributed by atoms with Crippen molar-refractivity contribution in [2.75, 3.05) is 17.8 Å². The molecule has 0 unspecified atom stereocenters. The predicted octanol–water partition coefficient (Wildman–Crippen LogP) is 3.04. The van der Waals surface area contributed by atoms with Gasteiger partial charge in [0, 0.05) is 6.42 Å². The van der Waals surface area contributed by atoms with Crippen molar-refractivity contribution in [3.8, 4) is 5.75 Å². The summed E-state index contributed by atoms with van der Waals surface area (Å²) in [6, 6.07) is 7.96. The Balaban J connectivity index is 1.71. The molecule has 0 aliphatic rings. The minimum Gasteiger partial charge on any atom is -0.494 e. The summed E-state index contributed by atoms with van der Waals surface area (Å²) >= 11 is 6.76. The lowest BCUT2D eigenvalue weighted by molar-refractivity contribution is -0.113. The van der Waals surface area contributed by atoms with E-state index >= 15 is 0 Å². The van der Waals surface area contributed by atoms with Crippen LogP contribution in [0.4, 0.5) is 5.13 Å². The van der Waals surface area contributed by atoms with Crippen LogP contribution in [0.2, 0.25) is 0 Å². The molecule has 0 spiro atoms. The highest BCUT2D eigenvalue weighted by molar-refractivity contribution is 7.15. The zero-order chi connectivity index (χ0) is 15.1. The van der Waals surface area contributed by atoms with Crippen LogP contribution in [0.15, 0.2) is 24.3 Å². The molecule has 0 bridgehead atoms. The molecule has 0 saturated heterocycles. The average Bonchev–Trinajstić information content (AvgIpc) is 2.93. The fourth-order valence-electron chi connectivity index (χ4n) is 1.61. The summed E-state index contributed by atoms with van der Waals surface area (Å²) in [4.78, 5) is 11.1. The number of alkyl halides is 1. The number of nitrogens with one attached hydrogen (secondary N) is 1. The van der Waals surface area contributed by atoms with Gasteiger partial charge in [-0.05, 0) is 25.5 Å². The molecule has 112 valence electrons. The molecule has 1 aromatic carbocycles. The number of aryl methyl sites for hydroxylation is 2. The van der Waals surface area contributed by atoms with Gasteiger partial charge in [-0.2, -0.15) is 0 Å². The molecule has 1 amide bonds. The Hall–Kier alpha value is -1.66. The summed E-state index contributed by atoms with van der Waals surface area (Å²) in [5.41, 5.74) is 1.21. The van der Waals surface area contributed by atoms with E-state index in [-0.39, 0.29) is 11.8 Å². The fraction of sp³-hybridized carbons (Fsp3) is 0.357. The van der Waals surface area contributed by atoms with Crippen molar-refractivity contribution in [2.24, 2.45) is 0 Å². The van der Waals surface area contributed by atoms with Gasteiger partial charge in [0.1, 0.15) is 16.6 Å². The maximum absolute atomic E-state index is 11.1. The summed E-state index contributed by atoms with van der Waals surface area (Å²) in [5, 5.41) is 11.8. The first-order chi connectivity index (χ1) is 10.2. The Kier molecular flexibility index (Phi) is 5.95. The molecule has 2 rings (SSSR count). The van der Waals surface area contributed by atoms with Gasteiger partial charge in [0.15, 0.2) is 0 Å². The normalized spacial score (nSPS) is 10.4. The van der Waals surface area contributed by atoms with Crippen LogP contribution in [0.25, 0.3) is 0 Å². The first kappa shape index (κ1) is 15.7. The first-order valence-corrected chi connectivity index (χ1v) is 7.90. The Morgan fingerprint density at radius 1 is 1.33 bits per heavy atom. The molecule has 1 aromatic heterocycles. The molecule has 0 saturated carbocycles. The fourth-order valence-corrected chi connectivity index (χ4v) is 2.47. The van der Waals surface area contributed by atoms with Gasteiger partial charge >= 0.3 is 0 Å². The lowest BCUT2D eigenvalue weighted by Gasteiger charge is -2.05. The van der Waals surface area contributed by atoms with Gasteiger partial charge in [-0.25, -0.2) is 0 Å². The largest absolute Gasteiger partial charge is 0.494 e. The van der Waals surface area contributed by atoms with E-state index < -0.39 is 0 Å². The van der Waals surface area contributed by atoms with Crippen molar-refractivity contribution in [1.29, 1.82) is 0 Å². The lowest BCUT2D eigenvalue weighted by atomic mass is 10.2. The van der Waals surface area contributed by atoms with Crippen molar-refractivity contribution < 1.29 is 9.53 Å². The van der Waals surface area contributed by atoms with Crippen LogP contribution in [-0.4, -0.2) is 28.6 Å². The van der Waals surface area contributed by atoms with Crippen molar-refractivity contribution in [3.63, 3.8) is 0 Å². The van der Waals surface area contributed by atoms with Crippen LogP contribution < -0.4 is 10.1 Å². The zero-order valence-corrected chi connectivity index (χ0v) is 13.2. The van der Waals surface area contributed by atoms with Gasteiger partial charge in [0.25, 0.3) is 0 Å². The number of nitrogens with zero attached hydrogens (tertiary/aromatic N) is 2. The average molecular weight is 326 g/mol. The minimum atomic E-state index is -0.276. The van der Waals surface area contributed by atoms with Gasteiger partial charge < -0.3 is 4.74 Å². The standard InChI is InChI=1S/C14H16ClN3O2S/c1-10-4-6-11(7-5-10)20-8-2-3-13-17-18-14(21-13)16-12(19)9-15/h4-7H,2-3,8-9H2,1H3,(H,16,18,19). The van der Waals surface area contributed by atoms with Gasteiger partial charge in [-0.3, -0.25) is 10.1 Å². The van der Waals surface area contributed by atoms with E-state index in [0.29, 0.717) is 11.7 Å². The molecular formula is C14H16ClN3O2S. The van der Waals surface area contributed by atoms with Crippen molar-refractivity contribution >= 4 is 34.0 Å². The molecule has 7 heteroatoms. The van der Waals surface area contributed by atoms with Crippen LogP contribution >= 0.6 is 22.9 Å². The van der Waals surface area contributed by atoms with Crippen LogP contribution in [0.1, 0.15) is 17.0 Å². The highest BCUT2D eigenvalue weighted by Gasteiger charge is 2.07. The van der Waals surface area contributed by atoms with Crippen LogP contribution in [0.3, 0.4) is 0 Å². The van der Waals surface area contributed by atoms with E-state index in [9.17, 15) is 4.79 Å². The second-order valence-corrected chi connectivity index (χ2v) is 5.78. The van der Waals surface area contributed by atoms with E-state index in [4.69, 9.17) is 16.3 Å². The van der Waals surface area contributed by atoms with E-state index in [0.717, 1.165) is 23.6 Å². The molecular weight excluding hydrogens is 310 g/mol. The van der Waals surface area contributed by atoms with Crippen LogP contribution in [0.5, 0.6) is 5.75 Å². The molecule has 1 N–H and O–H groups in total. The van der Waals surface area contributed by atoms with E-state index in [1.807, 2.05) is 31.2 Å². The predicted molar refractivity (Wildman–Crippen MR) is 84.3 cm³/mol. The van der Waals surface area contributed by atoms with Crippen molar-refractivity contribution in [2.45, 2.75) is 19.8 Å². The van der Waals surface area contributed by atoms with Crippen molar-refractivity contribution in [3.05, 3.63) is 34.8 Å². The van der Waals surface area contributed by atoms with E-state index in [1.165, 1.54) is 16.9 Å². The molecule has 0 aliphatic carbocycles. The lowest BCUT2D eigenvalue weighted by Crippen LogP contribution is -2.12. The Morgan fingerprint density at radius 2 is 2.10 bits per heavy atom. The monoisotopic (exact) mass is 325 g/mol. The number of amides is 1. The summed E-state index contributed by atoms with van der Waals surface area (Å²) in [6.45, 7) is 2.66. The van der Waals surface area contributed by atoms with Gasteiger partial charge in [-0.1, -0.05) is 29.0 Å². The Bertz CT molecular complexity index is 586. The number of anilines is 1. The Morgan fingerprint density at radius 3 is 2.81 bits per heavy atom. The molecule has 0 aliphatic heterocycles. The van der Waals surface area contributed by atoms with Crippen LogP contribution in [0, 0.1) is 6.92 Å². The molecule has 0 atom stereocenters. The minimum absolute atomic E-state index is 0.0840. The second kappa shape index (κ2) is 7.95. The molecule has 0 radical (unpaired) electrons. The molecule has 21 heavy (non-hydrogen) atoms. The smallest absolute Gasteiger partial charge is 0.241 e. The third-order valence-corrected chi connectivity index (χ3v) is 3.80. The molecule has 2 aromatic rings. The highest BCUT2D eigenvalue weighted by atomic mass is 35.5. The first-order valence-electron chi connectivity index (χ1n) is 6.55. The molecule has 5 nitrogen and oxygen atoms in total. The van der Waals surface area contributed by atoms with Gasteiger partial charge in [0.05, 0.1) is 6.61 Å². The maximum Gasteiger partial charge on any atom is 0.241 e. The SMILES string of the molecule is Cc1ccc(OCCCc2nnc(NC(=O)CCl)s2)cc1. The Labute approximate surface area is 132 Å². The number of aromatic nitrogens is 2. The number of carbonyl (C=O) groups is 1. The number of hydrogen-bond donors (Lipinski definition) is 1. The summed E-state index contributed by atoms with van der Waals surface area (Å²) in [7, 11) is 0. The molecule has 0 fully saturated rings. The number of carbonyl (C=O) groups excluding carboxylic acids is 1. The van der Waals surface area contributed by atoms with E-state index in [1.54, 1.807) is 0 Å². The second-order valence-electron chi connectivity index (χ2n) is 4.45. The number of rotatable bonds is 7. The number of hydrogen-bond acceptors (Lipinski definition) is 5. The van der Waals surface area contributed by atoms with Gasteiger partial charge in [0.2, 0.25) is 11.0 Å². The van der Waals surface area contributed by atoms with Gasteiger partial charge in [-0.15, -0.1) is 21.8 Å². The topological polar surface area (TPSA) is 64.1 Å². The summed E-state index contributed by atoms with van der Waals surface area (Å²) < 4.78 is 5.64. The van der Waals surface area contributed by atoms with E-state index in [2.05, 4.69) is 15.5 Å². The summed E-state index contributed by atoms with van der Waals surface area (Å²) in [6.07, 6.45) is 1.60. The molecule has 1 heterocycles.